The second-order valence-electron chi connectivity index (χ2n) is 3.32. The number of carbonyl (C=O) groups excluding carboxylic acids is 2. The Morgan fingerprint density at radius 1 is 1.33 bits per heavy atom. The third kappa shape index (κ3) is 3.31. The van der Waals surface area contributed by atoms with Crippen LogP contribution in [0.3, 0.4) is 0 Å². The van der Waals surface area contributed by atoms with Gasteiger partial charge >= 0.3 is 22.3 Å². The number of ether oxygens (including phenoxy) is 3. The number of methoxy groups -OCH3 is 2. The van der Waals surface area contributed by atoms with E-state index in [2.05, 4.69) is 9.47 Å². The van der Waals surface area contributed by atoms with E-state index < -0.39 is 28.3 Å². The quantitative estimate of drug-likeness (QED) is 0.624. The highest BCUT2D eigenvalue weighted by Gasteiger charge is 2.39. The van der Waals surface area contributed by atoms with Gasteiger partial charge in [-0.2, -0.15) is 12.7 Å². The zero-order chi connectivity index (χ0) is 13.8. The van der Waals surface area contributed by atoms with Gasteiger partial charge in [-0.1, -0.05) is 0 Å². The van der Waals surface area contributed by atoms with Crippen molar-refractivity contribution in [2.45, 2.75) is 6.04 Å². The summed E-state index contributed by atoms with van der Waals surface area (Å²) in [6.07, 6.45) is -1.13. The number of nitrogens with zero attached hydrogens (tertiary/aromatic N) is 1. The first-order chi connectivity index (χ1) is 8.42. The van der Waals surface area contributed by atoms with E-state index in [0.29, 0.717) is 0 Å². The van der Waals surface area contributed by atoms with Crippen LogP contribution in [0.4, 0.5) is 4.79 Å². The van der Waals surface area contributed by atoms with Crippen molar-refractivity contribution < 1.29 is 32.2 Å². The van der Waals surface area contributed by atoms with Crippen molar-refractivity contribution in [1.29, 1.82) is 0 Å². The average Bonchev–Trinajstić information content (AvgIpc) is 2.37. The van der Waals surface area contributed by atoms with Crippen molar-refractivity contribution in [3.63, 3.8) is 0 Å². The number of amides is 1. The lowest BCUT2D eigenvalue weighted by molar-refractivity contribution is -0.149. The minimum atomic E-state index is -4.17. The lowest BCUT2D eigenvalue weighted by Gasteiger charge is -2.31. The maximum absolute atomic E-state index is 11.8. The highest BCUT2D eigenvalue weighted by Crippen LogP contribution is 2.12. The van der Waals surface area contributed by atoms with Crippen LogP contribution in [0, 0.1) is 0 Å². The Morgan fingerprint density at radius 3 is 2.56 bits per heavy atom. The number of morpholine rings is 1. The topological polar surface area (TPSA) is 111 Å². The van der Waals surface area contributed by atoms with Gasteiger partial charge in [-0.05, 0) is 0 Å². The van der Waals surface area contributed by atoms with Crippen molar-refractivity contribution in [2.24, 2.45) is 0 Å². The number of esters is 1. The van der Waals surface area contributed by atoms with E-state index in [1.54, 1.807) is 4.72 Å². The predicted octanol–water partition coefficient (Wildman–Crippen LogP) is -1.54. The molecule has 0 aromatic rings. The fourth-order valence-corrected chi connectivity index (χ4v) is 2.61. The molecule has 0 radical (unpaired) electrons. The first-order valence-corrected chi connectivity index (χ1v) is 6.39. The number of hydrogen-bond acceptors (Lipinski definition) is 7. The molecule has 1 fully saturated rings. The van der Waals surface area contributed by atoms with Crippen LogP contribution in [0.1, 0.15) is 0 Å². The molecule has 1 aliphatic rings. The van der Waals surface area contributed by atoms with E-state index >= 15 is 0 Å². The Balaban J connectivity index is 2.89. The third-order valence-corrected chi connectivity index (χ3v) is 3.74. The Morgan fingerprint density at radius 2 is 2.00 bits per heavy atom. The Bertz CT molecular complexity index is 421. The maximum atomic E-state index is 11.8. The molecule has 1 amide bonds. The van der Waals surface area contributed by atoms with Crippen LogP contribution in [-0.2, 0) is 29.2 Å². The van der Waals surface area contributed by atoms with Crippen LogP contribution >= 0.6 is 0 Å². The summed E-state index contributed by atoms with van der Waals surface area (Å²) in [6, 6.07) is -1.12. The maximum Gasteiger partial charge on any atom is 0.421 e. The lowest BCUT2D eigenvalue weighted by Crippen LogP contribution is -2.56. The Hall–Kier alpha value is -1.39. The molecule has 9 nitrogen and oxygen atoms in total. The van der Waals surface area contributed by atoms with Gasteiger partial charge < -0.3 is 14.2 Å². The smallest absolute Gasteiger partial charge is 0.421 e. The molecule has 0 bridgehead atoms. The molecule has 0 aliphatic carbocycles. The van der Waals surface area contributed by atoms with E-state index in [9.17, 15) is 18.0 Å². The monoisotopic (exact) mass is 282 g/mol. The Kier molecular flexibility index (Phi) is 4.87. The highest BCUT2D eigenvalue weighted by atomic mass is 32.2. The Labute approximate surface area is 104 Å². The first-order valence-electron chi connectivity index (χ1n) is 4.95. The molecule has 1 atom stereocenters. The molecule has 1 aliphatic heterocycles. The van der Waals surface area contributed by atoms with Gasteiger partial charge in [0.25, 0.3) is 0 Å². The van der Waals surface area contributed by atoms with Gasteiger partial charge in [-0.15, -0.1) is 0 Å². The molecular weight excluding hydrogens is 268 g/mol. The number of carbonyl (C=O) groups is 2. The van der Waals surface area contributed by atoms with Crippen LogP contribution in [0.5, 0.6) is 0 Å². The largest absolute Gasteiger partial charge is 0.468 e. The second-order valence-corrected chi connectivity index (χ2v) is 4.95. The number of nitrogens with one attached hydrogen (secondary N) is 1. The lowest BCUT2D eigenvalue weighted by atomic mass is 10.3. The molecule has 1 heterocycles. The fraction of sp³-hybridized carbons (Fsp3) is 0.750. The molecule has 0 aromatic heterocycles. The van der Waals surface area contributed by atoms with Crippen LogP contribution in [0.25, 0.3) is 0 Å². The van der Waals surface area contributed by atoms with Crippen molar-refractivity contribution >= 4 is 22.3 Å². The predicted molar refractivity (Wildman–Crippen MR) is 57.8 cm³/mol. The third-order valence-electron chi connectivity index (χ3n) is 2.26. The fourth-order valence-electron chi connectivity index (χ4n) is 1.40. The van der Waals surface area contributed by atoms with Gasteiger partial charge in [-0.25, -0.2) is 9.52 Å². The molecule has 0 spiro atoms. The molecule has 0 saturated carbocycles. The minimum absolute atomic E-state index is 0.0634. The summed E-state index contributed by atoms with van der Waals surface area (Å²) in [5.41, 5.74) is 0. The SMILES string of the molecule is COC(=O)NS(=O)(=O)N1CCOCC1C(=O)OC. The summed E-state index contributed by atoms with van der Waals surface area (Å²) >= 11 is 0. The minimum Gasteiger partial charge on any atom is -0.468 e. The highest BCUT2D eigenvalue weighted by molar-refractivity contribution is 7.87. The second kappa shape index (κ2) is 5.98. The van der Waals surface area contributed by atoms with Gasteiger partial charge in [0.2, 0.25) is 0 Å². The normalized spacial score (nSPS) is 21.1. The van der Waals surface area contributed by atoms with E-state index in [0.717, 1.165) is 18.5 Å². The van der Waals surface area contributed by atoms with Crippen LogP contribution in [0.15, 0.2) is 0 Å². The molecule has 18 heavy (non-hydrogen) atoms. The first kappa shape index (κ1) is 14.7. The molecule has 1 unspecified atom stereocenters. The van der Waals surface area contributed by atoms with E-state index in [-0.39, 0.29) is 19.8 Å². The molecule has 1 N–H and O–H groups in total. The van der Waals surface area contributed by atoms with Gasteiger partial charge in [0.15, 0.2) is 0 Å². The zero-order valence-electron chi connectivity index (χ0n) is 9.91. The van der Waals surface area contributed by atoms with Crippen LogP contribution in [-0.4, -0.2) is 64.8 Å². The van der Waals surface area contributed by atoms with Crippen molar-refractivity contribution in [3.05, 3.63) is 0 Å². The summed E-state index contributed by atoms with van der Waals surface area (Å²) < 4.78 is 39.8. The summed E-state index contributed by atoms with van der Waals surface area (Å²) in [5, 5.41) is 0. The molecule has 1 rings (SSSR count). The van der Waals surface area contributed by atoms with Crippen molar-refractivity contribution in [1.82, 2.24) is 9.03 Å². The summed E-state index contributed by atoms with van der Waals surface area (Å²) in [7, 11) is -2.01. The number of hydrogen-bond donors (Lipinski definition) is 1. The molecular formula is C8H14N2O7S. The van der Waals surface area contributed by atoms with Gasteiger partial charge in [0.1, 0.15) is 6.04 Å². The van der Waals surface area contributed by atoms with E-state index in [1.807, 2.05) is 0 Å². The van der Waals surface area contributed by atoms with Crippen LogP contribution in [0.2, 0.25) is 0 Å². The molecule has 10 heteroatoms. The number of rotatable bonds is 3. The molecule has 0 aromatic carbocycles. The van der Waals surface area contributed by atoms with Gasteiger partial charge in [-0.3, -0.25) is 4.79 Å². The summed E-state index contributed by atoms with van der Waals surface area (Å²) in [4.78, 5) is 22.4. The standard InChI is InChI=1S/C8H14N2O7S/c1-15-7(11)6-5-17-4-3-10(6)18(13,14)9-8(12)16-2/h6H,3-5H2,1-2H3,(H,9,12). The molecule has 1 saturated heterocycles. The van der Waals surface area contributed by atoms with E-state index in [4.69, 9.17) is 4.74 Å². The van der Waals surface area contributed by atoms with Gasteiger partial charge in [0, 0.05) is 6.54 Å². The zero-order valence-corrected chi connectivity index (χ0v) is 10.7. The van der Waals surface area contributed by atoms with Gasteiger partial charge in [0.05, 0.1) is 27.4 Å². The van der Waals surface area contributed by atoms with Crippen molar-refractivity contribution in [3.8, 4) is 0 Å². The average molecular weight is 282 g/mol. The van der Waals surface area contributed by atoms with E-state index in [1.165, 1.54) is 0 Å². The van der Waals surface area contributed by atoms with Crippen LogP contribution < -0.4 is 4.72 Å². The summed E-state index contributed by atoms with van der Waals surface area (Å²) in [6.45, 7) is -0.0730. The summed E-state index contributed by atoms with van der Waals surface area (Å²) in [5.74, 6) is -0.759. The molecule has 104 valence electrons. The van der Waals surface area contributed by atoms with Crippen molar-refractivity contribution in [2.75, 3.05) is 34.0 Å².